The summed E-state index contributed by atoms with van der Waals surface area (Å²) in [6.07, 6.45) is 4.27. The molecule has 0 unspecified atom stereocenters. The van der Waals surface area contributed by atoms with E-state index >= 15 is 0 Å². The molecule has 0 fully saturated rings. The normalized spacial score (nSPS) is 10.6. The largest absolute Gasteiger partial charge is 1.00 e. The Bertz CT molecular complexity index is 765. The second-order valence-electron chi connectivity index (χ2n) is 6.06. The van der Waals surface area contributed by atoms with Gasteiger partial charge < -0.3 is 20.2 Å². The first-order chi connectivity index (χ1) is 10.9. The number of rotatable bonds is 7. The van der Waals surface area contributed by atoms with Crippen molar-refractivity contribution in [3.8, 4) is 0 Å². The van der Waals surface area contributed by atoms with Crippen LogP contribution in [-0.4, -0.2) is 16.4 Å². The number of carbonyl (C=O) groups excluding carboxylic acids is 2. The first-order valence-corrected chi connectivity index (χ1v) is 7.97. The van der Waals surface area contributed by atoms with Gasteiger partial charge in [-0.25, -0.2) is 0 Å². The first kappa shape index (κ1) is 20.7. The molecule has 0 spiro atoms. The Hall–Kier alpha value is -1.30. The third-order valence-electron chi connectivity index (χ3n) is 4.37. The SMILES string of the molecule is CCCCCc1c(CC(N)=O)c2cc(C)c(C(=O)[O-])cc2n1C.[Na+]. The van der Waals surface area contributed by atoms with Gasteiger partial charge in [0.25, 0.3) is 0 Å². The number of carboxylic acids is 1. The smallest absolute Gasteiger partial charge is 0.545 e. The number of hydrogen-bond acceptors (Lipinski definition) is 3. The molecule has 124 valence electrons. The summed E-state index contributed by atoms with van der Waals surface area (Å²) in [5.41, 5.74) is 9.01. The van der Waals surface area contributed by atoms with Crippen LogP contribution in [-0.2, 0) is 24.7 Å². The Balaban J connectivity index is 0.00000288. The molecule has 0 aliphatic rings. The number of fused-ring (bicyclic) bond motifs is 1. The predicted octanol–water partition coefficient (Wildman–Crippen LogP) is -1.39. The number of carboxylic acid groups (broad SMARTS) is 1. The minimum absolute atomic E-state index is 0. The monoisotopic (exact) mass is 338 g/mol. The van der Waals surface area contributed by atoms with Crippen LogP contribution in [0.25, 0.3) is 10.9 Å². The molecule has 0 aliphatic heterocycles. The van der Waals surface area contributed by atoms with Gasteiger partial charge in [0.1, 0.15) is 0 Å². The van der Waals surface area contributed by atoms with Crippen molar-refractivity contribution < 1.29 is 44.3 Å². The number of primary amides is 1. The average Bonchev–Trinajstić information content (AvgIpc) is 2.71. The number of aromatic nitrogens is 1. The maximum absolute atomic E-state index is 11.5. The molecule has 6 heteroatoms. The fraction of sp³-hybridized carbons (Fsp3) is 0.444. The molecule has 2 N–H and O–H groups in total. The number of aromatic carboxylic acids is 1. The van der Waals surface area contributed by atoms with Gasteiger partial charge in [0, 0.05) is 29.2 Å². The zero-order valence-corrected chi connectivity index (χ0v) is 16.9. The van der Waals surface area contributed by atoms with Crippen molar-refractivity contribution in [1.82, 2.24) is 4.57 Å². The number of benzene rings is 1. The van der Waals surface area contributed by atoms with E-state index in [1.807, 2.05) is 17.7 Å². The number of unbranched alkanes of at least 4 members (excludes halogenated alkanes) is 2. The number of carbonyl (C=O) groups is 2. The molecular formula is C18H23N2NaO3. The van der Waals surface area contributed by atoms with Gasteiger partial charge in [-0.3, -0.25) is 4.79 Å². The quantitative estimate of drug-likeness (QED) is 0.498. The first-order valence-electron chi connectivity index (χ1n) is 7.97. The van der Waals surface area contributed by atoms with Crippen molar-refractivity contribution in [1.29, 1.82) is 0 Å². The fourth-order valence-electron chi connectivity index (χ4n) is 3.17. The van der Waals surface area contributed by atoms with Crippen molar-refractivity contribution >= 4 is 22.8 Å². The summed E-state index contributed by atoms with van der Waals surface area (Å²) >= 11 is 0. The van der Waals surface area contributed by atoms with Crippen molar-refractivity contribution in [2.75, 3.05) is 0 Å². The van der Waals surface area contributed by atoms with Gasteiger partial charge in [-0.2, -0.15) is 0 Å². The second kappa shape index (κ2) is 8.70. The third-order valence-corrected chi connectivity index (χ3v) is 4.37. The fourth-order valence-corrected chi connectivity index (χ4v) is 3.17. The summed E-state index contributed by atoms with van der Waals surface area (Å²) in [6, 6.07) is 3.45. The van der Waals surface area contributed by atoms with Crippen molar-refractivity contribution in [2.45, 2.75) is 46.0 Å². The van der Waals surface area contributed by atoms with Crippen molar-refractivity contribution in [2.24, 2.45) is 12.8 Å². The van der Waals surface area contributed by atoms with Gasteiger partial charge in [-0.1, -0.05) is 19.8 Å². The van der Waals surface area contributed by atoms with Gasteiger partial charge in [-0.15, -0.1) is 0 Å². The molecule has 0 aliphatic carbocycles. The van der Waals surface area contributed by atoms with E-state index in [0.29, 0.717) is 5.56 Å². The summed E-state index contributed by atoms with van der Waals surface area (Å²) in [6.45, 7) is 3.88. The van der Waals surface area contributed by atoms with E-state index in [-0.39, 0.29) is 47.4 Å². The van der Waals surface area contributed by atoms with Crippen LogP contribution >= 0.6 is 0 Å². The molecule has 0 bridgehead atoms. The van der Waals surface area contributed by atoms with Crippen molar-refractivity contribution in [3.05, 3.63) is 34.5 Å². The standard InChI is InChI=1S/C18H24N2O3.Na/c1-4-5-6-7-15-14(10-17(19)21)13-8-11(2)12(18(22)23)9-16(13)20(15)3;/h8-9H,4-7,10H2,1-3H3,(H2,19,21)(H,22,23);/q;+1/p-1. The number of amides is 1. The topological polar surface area (TPSA) is 88.2 Å². The number of aryl methyl sites for hydroxylation is 2. The van der Waals surface area contributed by atoms with Crippen LogP contribution < -0.4 is 40.4 Å². The van der Waals surface area contributed by atoms with Crippen LogP contribution in [0.1, 0.15) is 53.4 Å². The maximum Gasteiger partial charge on any atom is 1.00 e. The molecule has 2 rings (SSSR count). The molecule has 24 heavy (non-hydrogen) atoms. The van der Waals surface area contributed by atoms with Crippen LogP contribution in [0.2, 0.25) is 0 Å². The van der Waals surface area contributed by atoms with E-state index in [4.69, 9.17) is 5.73 Å². The Morgan fingerprint density at radius 3 is 2.46 bits per heavy atom. The summed E-state index contributed by atoms with van der Waals surface area (Å²) in [7, 11) is 1.91. The summed E-state index contributed by atoms with van der Waals surface area (Å²) < 4.78 is 1.98. The molecule has 0 saturated heterocycles. The average molecular weight is 338 g/mol. The zero-order chi connectivity index (χ0) is 17.1. The Morgan fingerprint density at radius 2 is 1.92 bits per heavy atom. The molecular weight excluding hydrogens is 315 g/mol. The predicted molar refractivity (Wildman–Crippen MR) is 88.1 cm³/mol. The van der Waals surface area contributed by atoms with Crippen LogP contribution in [0.5, 0.6) is 0 Å². The zero-order valence-electron chi connectivity index (χ0n) is 14.9. The van der Waals surface area contributed by atoms with E-state index in [0.717, 1.165) is 47.8 Å². The minimum Gasteiger partial charge on any atom is -0.545 e. The van der Waals surface area contributed by atoms with E-state index in [2.05, 4.69) is 6.92 Å². The van der Waals surface area contributed by atoms with Crippen LogP contribution in [0, 0.1) is 6.92 Å². The van der Waals surface area contributed by atoms with E-state index < -0.39 is 5.97 Å². The van der Waals surface area contributed by atoms with Crippen LogP contribution in [0.15, 0.2) is 12.1 Å². The Kier molecular flexibility index (Phi) is 7.52. The molecule has 0 radical (unpaired) electrons. The third kappa shape index (κ3) is 4.21. The second-order valence-corrected chi connectivity index (χ2v) is 6.06. The van der Waals surface area contributed by atoms with Crippen LogP contribution in [0.3, 0.4) is 0 Å². The molecule has 1 aromatic carbocycles. The number of nitrogens with two attached hydrogens (primary N) is 1. The minimum atomic E-state index is -1.19. The number of nitrogens with zero attached hydrogens (tertiary/aromatic N) is 1. The van der Waals surface area contributed by atoms with E-state index in [1.54, 1.807) is 13.0 Å². The Labute approximate surface area is 164 Å². The van der Waals surface area contributed by atoms with Gasteiger partial charge in [0.05, 0.1) is 12.4 Å². The van der Waals surface area contributed by atoms with Gasteiger partial charge in [0.15, 0.2) is 0 Å². The molecule has 1 aromatic heterocycles. The van der Waals surface area contributed by atoms with E-state index in [1.165, 1.54) is 0 Å². The Morgan fingerprint density at radius 1 is 1.25 bits per heavy atom. The summed E-state index contributed by atoms with van der Waals surface area (Å²) in [5, 5.41) is 12.2. The number of hydrogen-bond donors (Lipinski definition) is 1. The van der Waals surface area contributed by atoms with E-state index in [9.17, 15) is 14.7 Å². The van der Waals surface area contributed by atoms with Crippen LogP contribution in [0.4, 0.5) is 0 Å². The molecule has 5 nitrogen and oxygen atoms in total. The van der Waals surface area contributed by atoms with Gasteiger partial charge in [0.2, 0.25) is 5.91 Å². The molecule has 1 heterocycles. The molecule has 0 saturated carbocycles. The molecule has 2 aromatic rings. The molecule has 0 atom stereocenters. The summed E-state index contributed by atoms with van der Waals surface area (Å²) in [4.78, 5) is 22.7. The van der Waals surface area contributed by atoms with Crippen molar-refractivity contribution in [3.63, 3.8) is 0 Å². The maximum atomic E-state index is 11.5. The summed E-state index contributed by atoms with van der Waals surface area (Å²) in [5.74, 6) is -1.56. The van der Waals surface area contributed by atoms with Gasteiger partial charge >= 0.3 is 29.6 Å². The van der Waals surface area contributed by atoms with Gasteiger partial charge in [-0.05, 0) is 43.0 Å². The molecule has 1 amide bonds.